The van der Waals surface area contributed by atoms with E-state index in [0.29, 0.717) is 23.3 Å². The first-order chi connectivity index (χ1) is 14.0. The number of carbonyl (C=O) groups excluding carboxylic acids is 1. The fourth-order valence-corrected chi connectivity index (χ4v) is 3.79. The van der Waals surface area contributed by atoms with Gasteiger partial charge in [0.1, 0.15) is 12.4 Å². The van der Waals surface area contributed by atoms with Gasteiger partial charge in [-0.3, -0.25) is 9.69 Å². The van der Waals surface area contributed by atoms with Gasteiger partial charge in [0, 0.05) is 29.1 Å². The van der Waals surface area contributed by atoms with Crippen LogP contribution >= 0.6 is 22.9 Å². The van der Waals surface area contributed by atoms with E-state index < -0.39 is 0 Å². The molecule has 0 aliphatic heterocycles. The van der Waals surface area contributed by atoms with Gasteiger partial charge in [-0.25, -0.2) is 4.98 Å². The number of hydrogen-bond donors (Lipinski definition) is 1. The molecule has 0 spiro atoms. The number of anilines is 1. The molecule has 0 aliphatic rings. The van der Waals surface area contributed by atoms with Crippen LogP contribution in [0.4, 0.5) is 5.13 Å². The predicted octanol–water partition coefficient (Wildman–Crippen LogP) is 4.65. The maximum absolute atomic E-state index is 12.3. The smallest absolute Gasteiger partial charge is 0.240 e. The van der Waals surface area contributed by atoms with E-state index in [9.17, 15) is 4.79 Å². The average molecular weight is 430 g/mol. The molecule has 0 saturated carbocycles. The Hall–Kier alpha value is -2.41. The first kappa shape index (κ1) is 21.3. The quantitative estimate of drug-likeness (QED) is 0.538. The summed E-state index contributed by atoms with van der Waals surface area (Å²) in [5.41, 5.74) is 2.48. The standard InChI is InChI=1S/C22H24ClN3O2S/c1-16-4-3-5-17(12-16)13-20-14-24-22(29-20)25-21(27)15-26(2)10-11-28-19-8-6-18(23)7-9-19/h3-9,12,14H,10-11,13,15H2,1-2H3,(H,24,25,27). The molecule has 1 aromatic heterocycles. The van der Waals surface area contributed by atoms with Gasteiger partial charge in [-0.15, -0.1) is 11.3 Å². The molecule has 0 saturated heterocycles. The summed E-state index contributed by atoms with van der Waals surface area (Å²) in [5.74, 6) is 0.673. The molecule has 3 rings (SSSR count). The molecule has 0 unspecified atom stereocenters. The van der Waals surface area contributed by atoms with Crippen LogP contribution in [0.3, 0.4) is 0 Å². The SMILES string of the molecule is Cc1cccc(Cc2cnc(NC(=O)CN(C)CCOc3ccc(Cl)cc3)s2)c1. The lowest BCUT2D eigenvalue weighted by Crippen LogP contribution is -2.33. The third-order valence-electron chi connectivity index (χ3n) is 4.23. The zero-order valence-corrected chi connectivity index (χ0v) is 18.1. The van der Waals surface area contributed by atoms with E-state index in [1.54, 1.807) is 12.1 Å². The number of hydrogen-bond acceptors (Lipinski definition) is 5. The highest BCUT2D eigenvalue weighted by molar-refractivity contribution is 7.15. The van der Waals surface area contributed by atoms with Crippen molar-refractivity contribution in [3.63, 3.8) is 0 Å². The van der Waals surface area contributed by atoms with Crippen LogP contribution in [0, 0.1) is 6.92 Å². The fourth-order valence-electron chi connectivity index (χ4n) is 2.80. The van der Waals surface area contributed by atoms with E-state index in [0.717, 1.165) is 17.0 Å². The molecular formula is C22H24ClN3O2S. The number of amides is 1. The summed E-state index contributed by atoms with van der Waals surface area (Å²) < 4.78 is 5.66. The van der Waals surface area contributed by atoms with Gasteiger partial charge in [-0.1, -0.05) is 41.4 Å². The molecule has 5 nitrogen and oxygen atoms in total. The summed E-state index contributed by atoms with van der Waals surface area (Å²) in [6.07, 6.45) is 2.64. The van der Waals surface area contributed by atoms with Crippen molar-refractivity contribution in [3.05, 3.63) is 75.8 Å². The maximum Gasteiger partial charge on any atom is 0.240 e. The maximum atomic E-state index is 12.3. The van der Waals surface area contributed by atoms with Gasteiger partial charge in [0.2, 0.25) is 5.91 Å². The molecule has 1 amide bonds. The summed E-state index contributed by atoms with van der Waals surface area (Å²) >= 11 is 7.36. The zero-order chi connectivity index (χ0) is 20.6. The van der Waals surface area contributed by atoms with Gasteiger partial charge >= 0.3 is 0 Å². The van der Waals surface area contributed by atoms with Crippen molar-refractivity contribution in [2.75, 3.05) is 32.1 Å². The van der Waals surface area contributed by atoms with E-state index >= 15 is 0 Å². The van der Waals surface area contributed by atoms with Crippen LogP contribution in [0.25, 0.3) is 0 Å². The number of halogens is 1. The van der Waals surface area contributed by atoms with Crippen LogP contribution in [0.15, 0.2) is 54.7 Å². The molecule has 1 heterocycles. The first-order valence-corrected chi connectivity index (χ1v) is 10.5. The second-order valence-corrected chi connectivity index (χ2v) is 8.44. The van der Waals surface area contributed by atoms with Crippen molar-refractivity contribution in [3.8, 4) is 5.75 Å². The minimum atomic E-state index is -0.0875. The van der Waals surface area contributed by atoms with Crippen molar-refractivity contribution in [2.24, 2.45) is 0 Å². The largest absolute Gasteiger partial charge is 0.492 e. The van der Waals surface area contributed by atoms with Crippen molar-refractivity contribution < 1.29 is 9.53 Å². The Balaban J connectivity index is 1.40. The highest BCUT2D eigenvalue weighted by Gasteiger charge is 2.10. The Morgan fingerprint density at radius 2 is 2.03 bits per heavy atom. The highest BCUT2D eigenvalue weighted by Crippen LogP contribution is 2.21. The molecule has 3 aromatic rings. The monoisotopic (exact) mass is 429 g/mol. The van der Waals surface area contributed by atoms with Crippen molar-refractivity contribution >= 4 is 34.0 Å². The Kier molecular flexibility index (Phi) is 7.63. The first-order valence-electron chi connectivity index (χ1n) is 9.35. The Morgan fingerprint density at radius 1 is 1.24 bits per heavy atom. The predicted molar refractivity (Wildman–Crippen MR) is 119 cm³/mol. The molecule has 0 atom stereocenters. The second-order valence-electron chi connectivity index (χ2n) is 6.89. The molecule has 7 heteroatoms. The number of aromatic nitrogens is 1. The van der Waals surface area contributed by atoms with Crippen molar-refractivity contribution in [2.45, 2.75) is 13.3 Å². The van der Waals surface area contributed by atoms with Gasteiger partial charge < -0.3 is 10.1 Å². The molecule has 0 aliphatic carbocycles. The average Bonchev–Trinajstić information content (AvgIpc) is 3.10. The van der Waals surface area contributed by atoms with Gasteiger partial charge in [0.25, 0.3) is 0 Å². The summed E-state index contributed by atoms with van der Waals surface area (Å²) in [7, 11) is 1.88. The number of carbonyl (C=O) groups is 1. The minimum Gasteiger partial charge on any atom is -0.492 e. The van der Waals surface area contributed by atoms with Gasteiger partial charge in [-0.05, 0) is 43.8 Å². The highest BCUT2D eigenvalue weighted by atomic mass is 35.5. The van der Waals surface area contributed by atoms with Crippen LogP contribution in [0.1, 0.15) is 16.0 Å². The lowest BCUT2D eigenvalue weighted by molar-refractivity contribution is -0.117. The molecular weight excluding hydrogens is 406 g/mol. The second kappa shape index (κ2) is 10.4. The summed E-state index contributed by atoms with van der Waals surface area (Å²) in [4.78, 5) is 19.6. The zero-order valence-electron chi connectivity index (χ0n) is 16.5. The summed E-state index contributed by atoms with van der Waals surface area (Å²) in [5, 5.41) is 4.18. The fraction of sp³-hybridized carbons (Fsp3) is 0.273. The topological polar surface area (TPSA) is 54.5 Å². The van der Waals surface area contributed by atoms with Gasteiger partial charge in [0.05, 0.1) is 6.54 Å². The van der Waals surface area contributed by atoms with E-state index in [1.165, 1.54) is 22.5 Å². The van der Waals surface area contributed by atoms with E-state index in [1.807, 2.05) is 30.3 Å². The van der Waals surface area contributed by atoms with Crippen LogP contribution in [-0.2, 0) is 11.2 Å². The molecule has 1 N–H and O–H groups in total. The number of benzene rings is 2. The molecule has 0 bridgehead atoms. The molecule has 152 valence electrons. The van der Waals surface area contributed by atoms with E-state index in [4.69, 9.17) is 16.3 Å². The lowest BCUT2D eigenvalue weighted by atomic mass is 10.1. The normalized spacial score (nSPS) is 10.9. The molecule has 0 radical (unpaired) electrons. The number of likely N-dealkylation sites (N-methyl/N-ethyl adjacent to an activating group) is 1. The molecule has 0 fully saturated rings. The van der Waals surface area contributed by atoms with Crippen LogP contribution in [0.5, 0.6) is 5.75 Å². The Morgan fingerprint density at radius 3 is 2.79 bits per heavy atom. The Bertz CT molecular complexity index is 943. The third-order valence-corrected chi connectivity index (χ3v) is 5.39. The number of rotatable bonds is 9. The summed E-state index contributed by atoms with van der Waals surface area (Å²) in [6.45, 7) is 3.48. The Labute approximate surface area is 180 Å². The van der Waals surface area contributed by atoms with Crippen molar-refractivity contribution in [1.82, 2.24) is 9.88 Å². The number of nitrogens with zero attached hydrogens (tertiary/aromatic N) is 2. The van der Waals surface area contributed by atoms with E-state index in [2.05, 4.69) is 41.5 Å². The number of ether oxygens (including phenoxy) is 1. The number of nitrogens with one attached hydrogen (secondary N) is 1. The summed E-state index contributed by atoms with van der Waals surface area (Å²) in [6, 6.07) is 15.6. The van der Waals surface area contributed by atoms with Gasteiger partial charge in [0.15, 0.2) is 5.13 Å². The van der Waals surface area contributed by atoms with E-state index in [-0.39, 0.29) is 12.5 Å². The molecule has 29 heavy (non-hydrogen) atoms. The lowest BCUT2D eigenvalue weighted by Gasteiger charge is -2.16. The van der Waals surface area contributed by atoms with Gasteiger partial charge in [-0.2, -0.15) is 0 Å². The minimum absolute atomic E-state index is 0.0875. The number of thiazole rings is 1. The van der Waals surface area contributed by atoms with Crippen LogP contribution < -0.4 is 10.1 Å². The van der Waals surface area contributed by atoms with Crippen molar-refractivity contribution in [1.29, 1.82) is 0 Å². The third kappa shape index (κ3) is 7.16. The van der Waals surface area contributed by atoms with Crippen LogP contribution in [-0.4, -0.2) is 42.5 Å². The molecule has 2 aromatic carbocycles. The number of aryl methyl sites for hydroxylation is 1. The van der Waals surface area contributed by atoms with Crippen LogP contribution in [0.2, 0.25) is 5.02 Å².